The lowest BCUT2D eigenvalue weighted by Crippen LogP contribution is -2.27. The summed E-state index contributed by atoms with van der Waals surface area (Å²) in [6, 6.07) is 7.76. The molecule has 19 heavy (non-hydrogen) atoms. The average Bonchev–Trinajstić information content (AvgIpc) is 2.35. The van der Waals surface area contributed by atoms with Gasteiger partial charge < -0.3 is 0 Å². The lowest BCUT2D eigenvalue weighted by atomic mass is 9.48. The second kappa shape index (κ2) is 4.68. The average molecular weight is 258 g/mol. The maximum absolute atomic E-state index is 11.1. The van der Waals surface area contributed by atoms with Crippen LogP contribution in [0, 0.1) is 20.2 Å². The number of fused-ring (bicyclic) bond motifs is 1. The van der Waals surface area contributed by atoms with E-state index in [9.17, 15) is 20.2 Å². The summed E-state index contributed by atoms with van der Waals surface area (Å²) in [7, 11) is 0. The molecule has 6 nitrogen and oxygen atoms in total. The predicted octanol–water partition coefficient (Wildman–Crippen LogP) is 2.62. The van der Waals surface area contributed by atoms with E-state index >= 15 is 0 Å². The van der Waals surface area contributed by atoms with E-state index in [1.807, 2.05) is 13.6 Å². The highest BCUT2D eigenvalue weighted by Gasteiger charge is 2.27. The molecule has 0 fully saturated rings. The summed E-state index contributed by atoms with van der Waals surface area (Å²) in [5.74, 6) is 0. The fourth-order valence-corrected chi connectivity index (χ4v) is 2.27. The van der Waals surface area contributed by atoms with Crippen molar-refractivity contribution in [3.8, 4) is 0 Å². The lowest BCUT2D eigenvalue weighted by molar-refractivity contribution is -0.392. The van der Waals surface area contributed by atoms with Crippen LogP contribution in [-0.4, -0.2) is 16.6 Å². The van der Waals surface area contributed by atoms with Crippen LogP contribution in [0.2, 0.25) is 13.6 Å². The monoisotopic (exact) mass is 258 g/mol. The summed E-state index contributed by atoms with van der Waals surface area (Å²) in [6.45, 7) is 3.58. The zero-order valence-electron chi connectivity index (χ0n) is 10.5. The number of non-ortho nitro benzene ring substituents is 1. The van der Waals surface area contributed by atoms with E-state index in [1.54, 1.807) is 24.3 Å². The van der Waals surface area contributed by atoms with Crippen molar-refractivity contribution in [3.05, 3.63) is 50.6 Å². The van der Waals surface area contributed by atoms with Crippen LogP contribution in [0.25, 0.3) is 10.8 Å². The van der Waals surface area contributed by atoms with Crippen molar-refractivity contribution in [2.75, 3.05) is 0 Å². The molecule has 0 spiro atoms. The molecule has 0 atom stereocenters. The van der Waals surface area contributed by atoms with Crippen molar-refractivity contribution in [2.24, 2.45) is 0 Å². The molecule has 7 heteroatoms. The number of hydrogen-bond donors (Lipinski definition) is 0. The SMILES string of the molecule is CB(C)c1c([N+](=O)[O-])cc([N+](=O)[O-])c2ccccc12. The van der Waals surface area contributed by atoms with Crippen LogP contribution in [0.3, 0.4) is 0 Å². The summed E-state index contributed by atoms with van der Waals surface area (Å²) in [6.07, 6.45) is 0. The number of benzene rings is 2. The number of hydrogen-bond acceptors (Lipinski definition) is 4. The van der Waals surface area contributed by atoms with Gasteiger partial charge in [0.15, 0.2) is 6.71 Å². The lowest BCUT2D eigenvalue weighted by Gasteiger charge is -2.09. The zero-order chi connectivity index (χ0) is 14.2. The van der Waals surface area contributed by atoms with Gasteiger partial charge in [0, 0.05) is 5.46 Å². The maximum atomic E-state index is 11.1. The summed E-state index contributed by atoms with van der Waals surface area (Å²) < 4.78 is 0. The molecule has 96 valence electrons. The van der Waals surface area contributed by atoms with Crippen molar-refractivity contribution in [1.82, 2.24) is 0 Å². The third kappa shape index (κ3) is 2.14. The van der Waals surface area contributed by atoms with E-state index in [0.717, 1.165) is 6.07 Å². The van der Waals surface area contributed by atoms with Crippen molar-refractivity contribution < 1.29 is 9.85 Å². The molecule has 0 aliphatic heterocycles. The molecule has 0 amide bonds. The van der Waals surface area contributed by atoms with Crippen molar-refractivity contribution >= 4 is 34.3 Å². The van der Waals surface area contributed by atoms with E-state index in [4.69, 9.17) is 0 Å². The minimum absolute atomic E-state index is 0.0916. The molecule has 0 heterocycles. The molecule has 2 aromatic rings. The van der Waals surface area contributed by atoms with Gasteiger partial charge in [-0.15, -0.1) is 0 Å². The Hall–Kier alpha value is -2.44. The predicted molar refractivity (Wildman–Crippen MR) is 74.4 cm³/mol. The molecular weight excluding hydrogens is 247 g/mol. The van der Waals surface area contributed by atoms with Gasteiger partial charge in [-0.2, -0.15) is 0 Å². The fraction of sp³-hybridized carbons (Fsp3) is 0.167. The zero-order valence-corrected chi connectivity index (χ0v) is 10.5. The largest absolute Gasteiger partial charge is 0.284 e. The highest BCUT2D eigenvalue weighted by atomic mass is 16.6. The van der Waals surface area contributed by atoms with E-state index in [-0.39, 0.29) is 18.1 Å². The van der Waals surface area contributed by atoms with Gasteiger partial charge in [-0.25, -0.2) is 0 Å². The third-order valence-corrected chi connectivity index (χ3v) is 3.01. The first-order valence-electron chi connectivity index (χ1n) is 5.78. The van der Waals surface area contributed by atoms with E-state index < -0.39 is 9.85 Å². The third-order valence-electron chi connectivity index (χ3n) is 3.01. The van der Waals surface area contributed by atoms with Crippen LogP contribution in [0.15, 0.2) is 30.3 Å². The minimum atomic E-state index is -0.584. The van der Waals surface area contributed by atoms with Crippen LogP contribution < -0.4 is 5.46 Å². The number of nitro benzene ring substituents is 2. The highest BCUT2D eigenvalue weighted by Crippen LogP contribution is 2.29. The Balaban J connectivity index is 2.98. The van der Waals surface area contributed by atoms with Gasteiger partial charge in [0.2, 0.25) is 0 Å². The van der Waals surface area contributed by atoms with Gasteiger partial charge in [-0.1, -0.05) is 31.8 Å². The summed E-state index contributed by atoms with van der Waals surface area (Å²) in [5.41, 5.74) is 0.110. The van der Waals surface area contributed by atoms with E-state index in [2.05, 4.69) is 0 Å². The topological polar surface area (TPSA) is 86.3 Å². The van der Waals surface area contributed by atoms with Gasteiger partial charge in [0.05, 0.1) is 21.3 Å². The first-order valence-corrected chi connectivity index (χ1v) is 5.78. The van der Waals surface area contributed by atoms with Crippen LogP contribution in [0.5, 0.6) is 0 Å². The molecule has 0 aromatic heterocycles. The number of nitrogens with zero attached hydrogens (tertiary/aromatic N) is 2. The van der Waals surface area contributed by atoms with Crippen molar-refractivity contribution in [2.45, 2.75) is 13.6 Å². The summed E-state index contributed by atoms with van der Waals surface area (Å²) in [4.78, 5) is 21.0. The van der Waals surface area contributed by atoms with Crippen LogP contribution >= 0.6 is 0 Å². The van der Waals surface area contributed by atoms with Crippen molar-refractivity contribution in [1.29, 1.82) is 0 Å². The van der Waals surface area contributed by atoms with Gasteiger partial charge >= 0.3 is 0 Å². The first kappa shape index (κ1) is 13.0. The number of rotatable bonds is 3. The standard InChI is InChI=1S/C12H11BN2O4/c1-13(2)12-9-6-4-3-5-8(9)10(14(16)17)7-11(12)15(18)19/h3-7H,1-2H3. The quantitative estimate of drug-likeness (QED) is 0.481. The molecule has 0 saturated heterocycles. The smallest absolute Gasteiger partial charge is 0.258 e. The Morgan fingerprint density at radius 2 is 1.47 bits per heavy atom. The molecule has 2 aromatic carbocycles. The van der Waals surface area contributed by atoms with Crippen molar-refractivity contribution in [3.63, 3.8) is 0 Å². The van der Waals surface area contributed by atoms with Gasteiger partial charge in [0.25, 0.3) is 11.4 Å². The molecule has 0 aliphatic carbocycles. The summed E-state index contributed by atoms with van der Waals surface area (Å²) >= 11 is 0. The normalized spacial score (nSPS) is 10.4. The molecule has 0 aliphatic rings. The Labute approximate surface area is 109 Å². The second-order valence-electron chi connectivity index (χ2n) is 4.54. The Morgan fingerprint density at radius 3 is 1.95 bits per heavy atom. The molecule has 2 rings (SSSR count). The molecule has 0 unspecified atom stereocenters. The Morgan fingerprint density at radius 1 is 0.947 bits per heavy atom. The van der Waals surface area contributed by atoms with Gasteiger partial charge in [0.1, 0.15) is 0 Å². The summed E-state index contributed by atoms with van der Waals surface area (Å²) in [5, 5.41) is 23.2. The minimum Gasteiger partial charge on any atom is -0.258 e. The molecule has 0 N–H and O–H groups in total. The van der Waals surface area contributed by atoms with Crippen LogP contribution in [0.4, 0.5) is 11.4 Å². The molecule has 0 saturated carbocycles. The Bertz CT molecular complexity index is 685. The fourth-order valence-electron chi connectivity index (χ4n) is 2.27. The molecular formula is C12H11BN2O4. The van der Waals surface area contributed by atoms with Crippen LogP contribution in [0.1, 0.15) is 0 Å². The van der Waals surface area contributed by atoms with Gasteiger partial charge in [-0.05, 0) is 11.5 Å². The molecule has 0 radical (unpaired) electrons. The second-order valence-corrected chi connectivity index (χ2v) is 4.54. The van der Waals surface area contributed by atoms with E-state index in [1.165, 1.54) is 0 Å². The van der Waals surface area contributed by atoms with Crippen LogP contribution in [-0.2, 0) is 0 Å². The van der Waals surface area contributed by atoms with E-state index in [0.29, 0.717) is 16.2 Å². The molecule has 0 bridgehead atoms. The van der Waals surface area contributed by atoms with Gasteiger partial charge in [-0.3, -0.25) is 20.2 Å². The first-order chi connectivity index (χ1) is 8.93. The number of nitro groups is 2. The maximum Gasteiger partial charge on any atom is 0.284 e. The highest BCUT2D eigenvalue weighted by molar-refractivity contribution is 6.74. The Kier molecular flexibility index (Phi) is 3.20.